The number of likely N-dealkylation sites (tertiary alicyclic amines) is 2. The average Bonchev–Trinajstić information content (AvgIpc) is 2.88. The van der Waals surface area contributed by atoms with Gasteiger partial charge in [0.1, 0.15) is 0 Å². The smallest absolute Gasteiger partial charge is 0.253 e. The van der Waals surface area contributed by atoms with Gasteiger partial charge in [0.2, 0.25) is 5.91 Å². The zero-order chi connectivity index (χ0) is 22.6. The van der Waals surface area contributed by atoms with E-state index in [9.17, 15) is 9.59 Å². The molecule has 0 radical (unpaired) electrons. The third-order valence-electron chi connectivity index (χ3n) is 8.77. The van der Waals surface area contributed by atoms with Crippen LogP contribution in [0.5, 0.6) is 0 Å². The second kappa shape index (κ2) is 10.5. The maximum atomic E-state index is 13.3. The Labute approximate surface area is 199 Å². The number of benzene rings is 1. The van der Waals surface area contributed by atoms with E-state index in [0.717, 1.165) is 57.0 Å². The monoisotopic (exact) mass is 451 g/mol. The van der Waals surface area contributed by atoms with Gasteiger partial charge in [-0.25, -0.2) is 0 Å². The molecule has 1 saturated carbocycles. The highest BCUT2D eigenvalue weighted by atomic mass is 16.2. The SMILES string of the molecule is O=C(c1ccc(N2CCCCC2)cc1)N1CC[C@H]2[C@H](CCC(=O)N2CCC2CCCCC2)C1. The fourth-order valence-electron chi connectivity index (χ4n) is 6.77. The molecule has 3 aliphatic heterocycles. The Balaban J connectivity index is 1.18. The molecule has 33 heavy (non-hydrogen) atoms. The Bertz CT molecular complexity index is 811. The van der Waals surface area contributed by atoms with E-state index in [4.69, 9.17) is 0 Å². The summed E-state index contributed by atoms with van der Waals surface area (Å²) in [7, 11) is 0. The lowest BCUT2D eigenvalue weighted by atomic mass is 9.82. The number of hydrogen-bond donors (Lipinski definition) is 0. The van der Waals surface area contributed by atoms with Crippen molar-refractivity contribution in [1.29, 1.82) is 0 Å². The van der Waals surface area contributed by atoms with E-state index >= 15 is 0 Å². The molecule has 5 nitrogen and oxygen atoms in total. The second-order valence-corrected chi connectivity index (χ2v) is 10.9. The highest BCUT2D eigenvalue weighted by Crippen LogP contribution is 2.34. The molecular weight excluding hydrogens is 410 g/mol. The molecule has 0 bridgehead atoms. The van der Waals surface area contributed by atoms with Crippen molar-refractivity contribution in [3.8, 4) is 0 Å². The van der Waals surface area contributed by atoms with Gasteiger partial charge in [0, 0.05) is 56.4 Å². The molecule has 1 aliphatic carbocycles. The largest absolute Gasteiger partial charge is 0.372 e. The summed E-state index contributed by atoms with van der Waals surface area (Å²) in [5.74, 6) is 1.74. The molecular formula is C28H41N3O2. The second-order valence-electron chi connectivity index (χ2n) is 10.9. The molecule has 0 spiro atoms. The maximum absolute atomic E-state index is 13.3. The van der Waals surface area contributed by atoms with Gasteiger partial charge in [0.25, 0.3) is 5.91 Å². The molecule has 0 N–H and O–H groups in total. The first kappa shape index (κ1) is 22.7. The molecule has 2 amide bonds. The van der Waals surface area contributed by atoms with E-state index in [1.54, 1.807) is 0 Å². The van der Waals surface area contributed by atoms with E-state index in [2.05, 4.69) is 21.9 Å². The Morgan fingerprint density at radius 3 is 2.33 bits per heavy atom. The molecule has 1 aromatic carbocycles. The van der Waals surface area contributed by atoms with Crippen molar-refractivity contribution in [2.75, 3.05) is 37.6 Å². The van der Waals surface area contributed by atoms with E-state index in [-0.39, 0.29) is 5.91 Å². The number of amides is 2. The number of piperidine rings is 3. The molecule has 180 valence electrons. The maximum Gasteiger partial charge on any atom is 0.253 e. The van der Waals surface area contributed by atoms with Crippen molar-refractivity contribution in [3.63, 3.8) is 0 Å². The molecule has 0 unspecified atom stereocenters. The first-order chi connectivity index (χ1) is 16.2. The molecule has 0 aromatic heterocycles. The summed E-state index contributed by atoms with van der Waals surface area (Å²) in [5, 5.41) is 0. The quantitative estimate of drug-likeness (QED) is 0.626. The standard InChI is InChI=1S/C28H41N3O2/c32-27-14-11-24-21-30(19-16-26(24)31(27)20-15-22-7-3-1-4-8-22)28(33)23-9-12-25(13-10-23)29-17-5-2-6-18-29/h9-10,12-13,22,24,26H,1-8,11,14-21H2/t24-,26+/m1/s1. The van der Waals surface area contributed by atoms with Gasteiger partial charge in [-0.1, -0.05) is 32.1 Å². The van der Waals surface area contributed by atoms with Gasteiger partial charge in [-0.2, -0.15) is 0 Å². The fourth-order valence-corrected chi connectivity index (χ4v) is 6.77. The lowest BCUT2D eigenvalue weighted by Gasteiger charge is -2.47. The number of carbonyl (C=O) groups is 2. The van der Waals surface area contributed by atoms with Crippen LogP contribution in [-0.4, -0.2) is 60.4 Å². The summed E-state index contributed by atoms with van der Waals surface area (Å²) in [6, 6.07) is 8.61. The van der Waals surface area contributed by atoms with Crippen LogP contribution >= 0.6 is 0 Å². The van der Waals surface area contributed by atoms with E-state index < -0.39 is 0 Å². The first-order valence-electron chi connectivity index (χ1n) is 13.6. The topological polar surface area (TPSA) is 43.9 Å². The van der Waals surface area contributed by atoms with Crippen LogP contribution in [0, 0.1) is 11.8 Å². The van der Waals surface area contributed by atoms with Gasteiger partial charge in [-0.05, 0) is 74.6 Å². The Kier molecular flexibility index (Phi) is 7.22. The van der Waals surface area contributed by atoms with Gasteiger partial charge in [0.05, 0.1) is 0 Å². The van der Waals surface area contributed by atoms with Crippen LogP contribution < -0.4 is 4.90 Å². The number of anilines is 1. The minimum absolute atomic E-state index is 0.157. The summed E-state index contributed by atoms with van der Waals surface area (Å²) in [6.07, 6.45) is 14.3. The van der Waals surface area contributed by atoms with Crippen LogP contribution in [0.15, 0.2) is 24.3 Å². The number of fused-ring (bicyclic) bond motifs is 1. The normalized spacial score (nSPS) is 26.9. The van der Waals surface area contributed by atoms with Crippen LogP contribution in [0.4, 0.5) is 5.69 Å². The summed E-state index contributed by atoms with van der Waals surface area (Å²) in [4.78, 5) is 32.7. The Hall–Kier alpha value is -2.04. The van der Waals surface area contributed by atoms with Crippen molar-refractivity contribution < 1.29 is 9.59 Å². The fraction of sp³-hybridized carbons (Fsp3) is 0.714. The number of carbonyl (C=O) groups excluding carboxylic acids is 2. The van der Waals surface area contributed by atoms with Gasteiger partial charge in [-0.15, -0.1) is 0 Å². The third-order valence-corrected chi connectivity index (χ3v) is 8.77. The van der Waals surface area contributed by atoms with Crippen LogP contribution in [0.1, 0.15) is 87.4 Å². The van der Waals surface area contributed by atoms with Gasteiger partial charge < -0.3 is 14.7 Å². The minimum atomic E-state index is 0.157. The molecule has 2 atom stereocenters. The minimum Gasteiger partial charge on any atom is -0.372 e. The lowest BCUT2D eigenvalue weighted by Crippen LogP contribution is -2.57. The highest BCUT2D eigenvalue weighted by Gasteiger charge is 2.40. The Morgan fingerprint density at radius 2 is 1.58 bits per heavy atom. The zero-order valence-electron chi connectivity index (χ0n) is 20.2. The van der Waals surface area contributed by atoms with Crippen LogP contribution in [0.3, 0.4) is 0 Å². The lowest BCUT2D eigenvalue weighted by molar-refractivity contribution is -0.140. The molecule has 3 heterocycles. The number of nitrogens with zero attached hydrogens (tertiary/aromatic N) is 3. The van der Waals surface area contributed by atoms with Crippen molar-refractivity contribution >= 4 is 17.5 Å². The molecule has 5 heteroatoms. The van der Waals surface area contributed by atoms with E-state index in [0.29, 0.717) is 24.3 Å². The summed E-state index contributed by atoms with van der Waals surface area (Å²) >= 11 is 0. The number of rotatable bonds is 5. The van der Waals surface area contributed by atoms with Crippen molar-refractivity contribution in [2.45, 2.75) is 83.1 Å². The Morgan fingerprint density at radius 1 is 0.848 bits per heavy atom. The van der Waals surface area contributed by atoms with E-state index in [1.807, 2.05) is 17.0 Å². The van der Waals surface area contributed by atoms with Gasteiger partial charge in [0.15, 0.2) is 0 Å². The van der Waals surface area contributed by atoms with Crippen LogP contribution in [-0.2, 0) is 4.79 Å². The average molecular weight is 452 g/mol. The number of hydrogen-bond acceptors (Lipinski definition) is 3. The predicted octanol–water partition coefficient (Wildman–Crippen LogP) is 5.10. The molecule has 4 aliphatic rings. The zero-order valence-corrected chi connectivity index (χ0v) is 20.2. The van der Waals surface area contributed by atoms with Crippen LogP contribution in [0.25, 0.3) is 0 Å². The van der Waals surface area contributed by atoms with E-state index in [1.165, 1.54) is 63.5 Å². The first-order valence-corrected chi connectivity index (χ1v) is 13.6. The van der Waals surface area contributed by atoms with Gasteiger partial charge in [-0.3, -0.25) is 9.59 Å². The predicted molar refractivity (Wildman–Crippen MR) is 132 cm³/mol. The van der Waals surface area contributed by atoms with Crippen molar-refractivity contribution in [3.05, 3.63) is 29.8 Å². The third kappa shape index (κ3) is 5.22. The van der Waals surface area contributed by atoms with Gasteiger partial charge >= 0.3 is 0 Å². The van der Waals surface area contributed by atoms with Crippen LogP contribution in [0.2, 0.25) is 0 Å². The summed E-state index contributed by atoms with van der Waals surface area (Å²) in [6.45, 7) is 4.74. The van der Waals surface area contributed by atoms with Crippen molar-refractivity contribution in [1.82, 2.24) is 9.80 Å². The molecule has 3 saturated heterocycles. The summed E-state index contributed by atoms with van der Waals surface area (Å²) < 4.78 is 0. The highest BCUT2D eigenvalue weighted by molar-refractivity contribution is 5.94. The summed E-state index contributed by atoms with van der Waals surface area (Å²) in [5.41, 5.74) is 2.04. The molecule has 5 rings (SSSR count). The molecule has 1 aromatic rings. The molecule has 4 fully saturated rings. The van der Waals surface area contributed by atoms with Crippen molar-refractivity contribution in [2.24, 2.45) is 11.8 Å².